The summed E-state index contributed by atoms with van der Waals surface area (Å²) in [7, 11) is -1.69. The van der Waals surface area contributed by atoms with E-state index in [9.17, 15) is 8.42 Å². The van der Waals surface area contributed by atoms with E-state index in [4.69, 9.17) is 0 Å². The van der Waals surface area contributed by atoms with Crippen molar-refractivity contribution in [2.24, 2.45) is 18.9 Å². The minimum Gasteiger partial charge on any atom is -0.356 e. The van der Waals surface area contributed by atoms with Crippen molar-refractivity contribution in [3.05, 3.63) is 30.1 Å². The fraction of sp³-hybridized carbons (Fsp3) is 0.650. The lowest BCUT2D eigenvalue weighted by Gasteiger charge is -2.21. The van der Waals surface area contributed by atoms with Crippen molar-refractivity contribution in [2.45, 2.75) is 43.6 Å². The van der Waals surface area contributed by atoms with Crippen molar-refractivity contribution in [2.75, 3.05) is 31.1 Å². The van der Waals surface area contributed by atoms with Gasteiger partial charge in [-0.1, -0.05) is 13.8 Å². The van der Waals surface area contributed by atoms with Crippen LogP contribution in [0.15, 0.2) is 23.6 Å². The maximum absolute atomic E-state index is 13.1. The van der Waals surface area contributed by atoms with Gasteiger partial charge >= 0.3 is 0 Å². The zero-order valence-corrected chi connectivity index (χ0v) is 18.0. The molecule has 8 nitrogen and oxygen atoms in total. The van der Waals surface area contributed by atoms with E-state index in [0.29, 0.717) is 30.8 Å². The Balaban J connectivity index is 1.29. The average molecular weight is 417 g/mol. The van der Waals surface area contributed by atoms with Crippen molar-refractivity contribution < 1.29 is 8.42 Å². The standard InChI is InChI=1S/C20H28N6O2S/c1-13(2)20-23-19(11-24(20)3)29(27,28)26-9-15-7-25(8-16(15)10-26)18-6-17(14-4-5-14)21-12-22-18/h6,11-16H,4-5,7-10H2,1-3H3. The van der Waals surface area contributed by atoms with E-state index in [-0.39, 0.29) is 10.9 Å². The van der Waals surface area contributed by atoms with Gasteiger partial charge in [0, 0.05) is 63.0 Å². The van der Waals surface area contributed by atoms with E-state index < -0.39 is 10.0 Å². The van der Waals surface area contributed by atoms with Gasteiger partial charge in [0.15, 0.2) is 5.03 Å². The molecule has 0 amide bonds. The molecule has 29 heavy (non-hydrogen) atoms. The molecule has 2 saturated heterocycles. The second kappa shape index (κ2) is 6.77. The van der Waals surface area contributed by atoms with Gasteiger partial charge in [0.05, 0.1) is 0 Å². The van der Waals surface area contributed by atoms with Crippen LogP contribution in [0.1, 0.15) is 50.0 Å². The summed E-state index contributed by atoms with van der Waals surface area (Å²) < 4.78 is 29.7. The first-order valence-corrected chi connectivity index (χ1v) is 11.9. The molecule has 2 aromatic heterocycles. The Morgan fingerprint density at radius 3 is 2.34 bits per heavy atom. The van der Waals surface area contributed by atoms with Gasteiger partial charge in [0.25, 0.3) is 10.0 Å². The number of hydrogen-bond donors (Lipinski definition) is 0. The molecule has 5 rings (SSSR count). The second-order valence-electron chi connectivity index (χ2n) is 9.03. The summed E-state index contributed by atoms with van der Waals surface area (Å²) in [5.41, 5.74) is 1.15. The summed E-state index contributed by atoms with van der Waals surface area (Å²) in [6, 6.07) is 2.12. The van der Waals surface area contributed by atoms with Gasteiger partial charge in [0.2, 0.25) is 0 Å². The number of fused-ring (bicyclic) bond motifs is 1. The first-order valence-electron chi connectivity index (χ1n) is 10.4. The zero-order chi connectivity index (χ0) is 20.3. The molecule has 3 aliphatic rings. The molecule has 0 aromatic carbocycles. The van der Waals surface area contributed by atoms with Crippen LogP contribution in [-0.2, 0) is 17.1 Å². The summed E-state index contributed by atoms with van der Waals surface area (Å²) >= 11 is 0. The molecule has 1 aliphatic carbocycles. The maximum Gasteiger partial charge on any atom is 0.262 e. The number of rotatable bonds is 5. The van der Waals surface area contributed by atoms with E-state index in [2.05, 4.69) is 25.9 Å². The number of anilines is 1. The lowest BCUT2D eigenvalue weighted by molar-refractivity contribution is 0.450. The predicted octanol–water partition coefficient (Wildman–Crippen LogP) is 1.97. The molecule has 156 valence electrons. The molecule has 2 aliphatic heterocycles. The third-order valence-corrected chi connectivity index (χ3v) is 8.16. The van der Waals surface area contributed by atoms with Crippen LogP contribution in [0.25, 0.3) is 0 Å². The molecular formula is C20H28N6O2S. The number of imidazole rings is 1. The van der Waals surface area contributed by atoms with Crippen LogP contribution in [-0.4, -0.2) is 58.4 Å². The van der Waals surface area contributed by atoms with E-state index in [1.54, 1.807) is 16.8 Å². The molecule has 0 radical (unpaired) electrons. The maximum atomic E-state index is 13.1. The predicted molar refractivity (Wildman–Crippen MR) is 109 cm³/mol. The quantitative estimate of drug-likeness (QED) is 0.741. The highest BCUT2D eigenvalue weighted by atomic mass is 32.2. The van der Waals surface area contributed by atoms with Gasteiger partial charge in [-0.05, 0) is 24.7 Å². The Labute approximate surface area is 172 Å². The normalized spacial score (nSPS) is 25.2. The fourth-order valence-electron chi connectivity index (χ4n) is 4.72. The summed E-state index contributed by atoms with van der Waals surface area (Å²) in [5.74, 6) is 3.23. The lowest BCUT2D eigenvalue weighted by Crippen LogP contribution is -2.33. The first-order chi connectivity index (χ1) is 13.8. The molecule has 4 heterocycles. The Hall–Kier alpha value is -2.00. The molecule has 2 atom stereocenters. The SMILES string of the molecule is CC(C)c1nc(S(=O)(=O)N2CC3CN(c4cc(C5CC5)ncn4)CC3C2)cn1C. The Kier molecular flexibility index (Phi) is 4.43. The Morgan fingerprint density at radius 1 is 1.07 bits per heavy atom. The molecule has 2 unspecified atom stereocenters. The van der Waals surface area contributed by atoms with Crippen LogP contribution in [0.2, 0.25) is 0 Å². The number of aromatic nitrogens is 4. The highest BCUT2D eigenvalue weighted by Gasteiger charge is 2.45. The van der Waals surface area contributed by atoms with Gasteiger partial charge in [-0.3, -0.25) is 0 Å². The van der Waals surface area contributed by atoms with Gasteiger partial charge in [-0.15, -0.1) is 0 Å². The zero-order valence-electron chi connectivity index (χ0n) is 17.2. The minimum atomic E-state index is -3.55. The molecule has 2 aromatic rings. The van der Waals surface area contributed by atoms with Crippen LogP contribution in [0.4, 0.5) is 5.82 Å². The largest absolute Gasteiger partial charge is 0.356 e. The van der Waals surface area contributed by atoms with E-state index in [1.165, 1.54) is 12.8 Å². The molecular weight excluding hydrogens is 388 g/mol. The molecule has 0 spiro atoms. The smallest absolute Gasteiger partial charge is 0.262 e. The summed E-state index contributed by atoms with van der Waals surface area (Å²) in [4.78, 5) is 15.6. The Morgan fingerprint density at radius 2 is 1.76 bits per heavy atom. The third kappa shape index (κ3) is 3.34. The van der Waals surface area contributed by atoms with Crippen molar-refractivity contribution in [3.8, 4) is 0 Å². The van der Waals surface area contributed by atoms with Gasteiger partial charge in [-0.25, -0.2) is 23.4 Å². The van der Waals surface area contributed by atoms with Crippen LogP contribution in [0, 0.1) is 11.8 Å². The Bertz CT molecular complexity index is 1020. The lowest BCUT2D eigenvalue weighted by atomic mass is 10.0. The summed E-state index contributed by atoms with van der Waals surface area (Å²) in [6.45, 7) is 6.84. The van der Waals surface area contributed by atoms with Crippen molar-refractivity contribution in [3.63, 3.8) is 0 Å². The van der Waals surface area contributed by atoms with Crippen LogP contribution in [0.5, 0.6) is 0 Å². The van der Waals surface area contributed by atoms with Crippen molar-refractivity contribution >= 4 is 15.8 Å². The summed E-state index contributed by atoms with van der Waals surface area (Å²) in [6.07, 6.45) is 5.76. The van der Waals surface area contributed by atoms with Gasteiger partial charge in [-0.2, -0.15) is 4.31 Å². The number of aryl methyl sites for hydroxylation is 1. The number of sulfonamides is 1. The average Bonchev–Trinajstić information content (AvgIpc) is 3.14. The van der Waals surface area contributed by atoms with Crippen LogP contribution >= 0.6 is 0 Å². The van der Waals surface area contributed by atoms with Gasteiger partial charge in [0.1, 0.15) is 18.0 Å². The van der Waals surface area contributed by atoms with E-state index in [1.807, 2.05) is 25.5 Å². The van der Waals surface area contributed by atoms with Crippen molar-refractivity contribution in [1.29, 1.82) is 0 Å². The monoisotopic (exact) mass is 416 g/mol. The molecule has 0 N–H and O–H groups in total. The molecule has 9 heteroatoms. The van der Waals surface area contributed by atoms with E-state index in [0.717, 1.165) is 30.4 Å². The second-order valence-corrected chi connectivity index (χ2v) is 10.9. The molecule has 1 saturated carbocycles. The third-order valence-electron chi connectivity index (χ3n) is 6.46. The first kappa shape index (κ1) is 19.0. The number of hydrogen-bond acceptors (Lipinski definition) is 6. The van der Waals surface area contributed by atoms with E-state index >= 15 is 0 Å². The summed E-state index contributed by atoms with van der Waals surface area (Å²) in [5, 5.41) is 0.172. The highest BCUT2D eigenvalue weighted by Crippen LogP contribution is 2.41. The number of nitrogens with zero attached hydrogens (tertiary/aromatic N) is 6. The molecule has 0 bridgehead atoms. The van der Waals surface area contributed by atoms with Crippen LogP contribution < -0.4 is 4.90 Å². The highest BCUT2D eigenvalue weighted by molar-refractivity contribution is 7.89. The molecule has 3 fully saturated rings. The van der Waals surface area contributed by atoms with Gasteiger partial charge < -0.3 is 9.47 Å². The fourth-order valence-corrected chi connectivity index (χ4v) is 6.26. The van der Waals surface area contributed by atoms with Crippen molar-refractivity contribution in [1.82, 2.24) is 23.8 Å². The minimum absolute atomic E-state index is 0.172. The van der Waals surface area contributed by atoms with Crippen LogP contribution in [0.3, 0.4) is 0 Å². The topological polar surface area (TPSA) is 84.2 Å².